The number of aryl methyl sites for hydroxylation is 1. The van der Waals surface area contributed by atoms with E-state index >= 15 is 0 Å². The number of hydrogen-bond donors (Lipinski definition) is 0. The Balaban J connectivity index is 2.30. The molecule has 2 aromatic rings. The van der Waals surface area contributed by atoms with Gasteiger partial charge in [-0.1, -0.05) is 30.3 Å². The van der Waals surface area contributed by atoms with Crippen LogP contribution in [-0.2, 0) is 6.54 Å². The van der Waals surface area contributed by atoms with Crippen LogP contribution in [-0.4, -0.2) is 9.55 Å². The lowest BCUT2D eigenvalue weighted by atomic mass is 10.2. The number of benzene rings is 1. The summed E-state index contributed by atoms with van der Waals surface area (Å²) in [6.45, 7) is 0.695. The standard InChI is InChI=1S/C12H11N3/c13-7-4-9-15-10-8-14-12(15)11-5-2-1-3-6-11/h1-3,5-6,8,10H,4,9H2. The van der Waals surface area contributed by atoms with Gasteiger partial charge in [-0.2, -0.15) is 5.26 Å². The molecule has 0 amide bonds. The van der Waals surface area contributed by atoms with Crippen molar-refractivity contribution in [3.63, 3.8) is 0 Å². The number of hydrogen-bond acceptors (Lipinski definition) is 2. The number of nitrogens with zero attached hydrogens (tertiary/aromatic N) is 3. The smallest absolute Gasteiger partial charge is 0.139 e. The summed E-state index contributed by atoms with van der Waals surface area (Å²) >= 11 is 0. The maximum absolute atomic E-state index is 8.54. The van der Waals surface area contributed by atoms with E-state index < -0.39 is 0 Å². The van der Waals surface area contributed by atoms with Crippen LogP contribution in [0.25, 0.3) is 11.4 Å². The van der Waals surface area contributed by atoms with Crippen LogP contribution in [0.5, 0.6) is 0 Å². The van der Waals surface area contributed by atoms with Crippen molar-refractivity contribution in [1.29, 1.82) is 5.26 Å². The van der Waals surface area contributed by atoms with Crippen LogP contribution in [0.3, 0.4) is 0 Å². The maximum Gasteiger partial charge on any atom is 0.139 e. The van der Waals surface area contributed by atoms with Crippen molar-refractivity contribution in [2.45, 2.75) is 13.0 Å². The fourth-order valence-electron chi connectivity index (χ4n) is 1.51. The van der Waals surface area contributed by atoms with Gasteiger partial charge in [0.25, 0.3) is 0 Å². The molecule has 3 nitrogen and oxygen atoms in total. The molecule has 0 spiro atoms. The molecule has 3 heteroatoms. The lowest BCUT2D eigenvalue weighted by Gasteiger charge is -2.04. The molecule has 0 aliphatic rings. The first-order valence-corrected chi connectivity index (χ1v) is 4.85. The van der Waals surface area contributed by atoms with Crippen LogP contribution in [0.15, 0.2) is 42.7 Å². The van der Waals surface area contributed by atoms with E-state index in [9.17, 15) is 0 Å². The van der Waals surface area contributed by atoms with Gasteiger partial charge in [0.2, 0.25) is 0 Å². The highest BCUT2D eigenvalue weighted by atomic mass is 15.1. The van der Waals surface area contributed by atoms with Crippen LogP contribution >= 0.6 is 0 Å². The zero-order valence-corrected chi connectivity index (χ0v) is 8.30. The van der Waals surface area contributed by atoms with Crippen molar-refractivity contribution in [1.82, 2.24) is 9.55 Å². The molecule has 0 fully saturated rings. The normalized spacial score (nSPS) is 9.80. The molecule has 0 N–H and O–H groups in total. The summed E-state index contributed by atoms with van der Waals surface area (Å²) in [5, 5.41) is 8.54. The van der Waals surface area contributed by atoms with E-state index in [0.717, 1.165) is 11.4 Å². The highest BCUT2D eigenvalue weighted by molar-refractivity contribution is 5.55. The van der Waals surface area contributed by atoms with Crippen LogP contribution in [0.1, 0.15) is 6.42 Å². The van der Waals surface area contributed by atoms with Crippen LogP contribution in [0, 0.1) is 11.3 Å². The molecule has 0 radical (unpaired) electrons. The van der Waals surface area contributed by atoms with Gasteiger partial charge in [-0.25, -0.2) is 4.98 Å². The summed E-state index contributed by atoms with van der Waals surface area (Å²) < 4.78 is 2.00. The van der Waals surface area contributed by atoms with E-state index in [1.807, 2.05) is 41.1 Å². The summed E-state index contributed by atoms with van der Waals surface area (Å²) in [5.41, 5.74) is 1.08. The number of aromatic nitrogens is 2. The molecule has 0 bridgehead atoms. The molecule has 1 aromatic heterocycles. The van der Waals surface area contributed by atoms with E-state index in [2.05, 4.69) is 11.1 Å². The number of nitriles is 1. The lowest BCUT2D eigenvalue weighted by Crippen LogP contribution is -1.98. The Morgan fingerprint density at radius 2 is 2.07 bits per heavy atom. The number of imidazole rings is 1. The molecule has 0 atom stereocenters. The van der Waals surface area contributed by atoms with Gasteiger partial charge in [-0.05, 0) is 0 Å². The minimum atomic E-state index is 0.510. The molecule has 1 heterocycles. The zero-order chi connectivity index (χ0) is 10.5. The highest BCUT2D eigenvalue weighted by Crippen LogP contribution is 2.16. The summed E-state index contributed by atoms with van der Waals surface area (Å²) in [6.07, 6.45) is 4.18. The second-order valence-corrected chi connectivity index (χ2v) is 3.22. The van der Waals surface area contributed by atoms with Gasteiger partial charge in [-0.15, -0.1) is 0 Å². The summed E-state index contributed by atoms with van der Waals surface area (Å²) in [5.74, 6) is 0.922. The predicted octanol–water partition coefficient (Wildman–Crippen LogP) is 2.46. The quantitative estimate of drug-likeness (QED) is 0.758. The SMILES string of the molecule is N#CCCn1ccnc1-c1ccccc1. The average molecular weight is 197 g/mol. The first-order valence-electron chi connectivity index (χ1n) is 4.85. The van der Waals surface area contributed by atoms with E-state index in [-0.39, 0.29) is 0 Å². The second-order valence-electron chi connectivity index (χ2n) is 3.22. The third-order valence-corrected chi connectivity index (χ3v) is 2.21. The highest BCUT2D eigenvalue weighted by Gasteiger charge is 2.03. The average Bonchev–Trinajstić information content (AvgIpc) is 2.75. The molecule has 74 valence electrons. The Labute approximate surface area is 88.6 Å². The van der Waals surface area contributed by atoms with Crippen LogP contribution in [0.4, 0.5) is 0 Å². The number of rotatable bonds is 3. The van der Waals surface area contributed by atoms with E-state index in [1.165, 1.54) is 0 Å². The van der Waals surface area contributed by atoms with Crippen molar-refractivity contribution in [3.8, 4) is 17.5 Å². The van der Waals surface area contributed by atoms with Crippen LogP contribution < -0.4 is 0 Å². The van der Waals surface area contributed by atoms with Gasteiger partial charge in [0, 0.05) is 24.5 Å². The predicted molar refractivity (Wildman–Crippen MR) is 57.9 cm³/mol. The first kappa shape index (κ1) is 9.47. The fraction of sp³-hybridized carbons (Fsp3) is 0.167. The van der Waals surface area contributed by atoms with E-state index in [4.69, 9.17) is 5.26 Å². The van der Waals surface area contributed by atoms with Gasteiger partial charge in [-0.3, -0.25) is 0 Å². The van der Waals surface area contributed by atoms with Crippen LogP contribution in [0.2, 0.25) is 0 Å². The third kappa shape index (κ3) is 2.05. The maximum atomic E-state index is 8.54. The van der Waals surface area contributed by atoms with Gasteiger partial charge in [0.1, 0.15) is 5.82 Å². The zero-order valence-electron chi connectivity index (χ0n) is 8.30. The summed E-state index contributed by atoms with van der Waals surface area (Å²) in [4.78, 5) is 4.29. The molecule has 15 heavy (non-hydrogen) atoms. The molecular formula is C12H11N3. The fourth-order valence-corrected chi connectivity index (χ4v) is 1.51. The Kier molecular flexibility index (Phi) is 2.80. The van der Waals surface area contributed by atoms with Crippen molar-refractivity contribution in [2.75, 3.05) is 0 Å². The Morgan fingerprint density at radius 3 is 2.80 bits per heavy atom. The molecule has 0 saturated heterocycles. The molecular weight excluding hydrogens is 186 g/mol. The van der Waals surface area contributed by atoms with Gasteiger partial charge in [0.05, 0.1) is 12.5 Å². The second kappa shape index (κ2) is 4.43. The summed E-state index contributed by atoms with van der Waals surface area (Å²) in [7, 11) is 0. The topological polar surface area (TPSA) is 41.6 Å². The Morgan fingerprint density at radius 1 is 1.27 bits per heavy atom. The van der Waals surface area contributed by atoms with Crippen molar-refractivity contribution in [2.24, 2.45) is 0 Å². The molecule has 0 aliphatic heterocycles. The van der Waals surface area contributed by atoms with Gasteiger partial charge in [0.15, 0.2) is 0 Å². The summed E-state index contributed by atoms with van der Waals surface area (Å²) in [6, 6.07) is 12.1. The minimum Gasteiger partial charge on any atom is -0.330 e. The minimum absolute atomic E-state index is 0.510. The first-order chi connectivity index (χ1) is 7.42. The Hall–Kier alpha value is -2.08. The molecule has 0 saturated carbocycles. The third-order valence-electron chi connectivity index (χ3n) is 2.21. The Bertz CT molecular complexity index is 465. The molecule has 0 unspecified atom stereocenters. The largest absolute Gasteiger partial charge is 0.330 e. The molecule has 1 aromatic carbocycles. The van der Waals surface area contributed by atoms with Crippen molar-refractivity contribution >= 4 is 0 Å². The molecule has 2 rings (SSSR count). The van der Waals surface area contributed by atoms with Crippen molar-refractivity contribution in [3.05, 3.63) is 42.7 Å². The molecule has 0 aliphatic carbocycles. The van der Waals surface area contributed by atoms with Gasteiger partial charge < -0.3 is 4.57 Å². The van der Waals surface area contributed by atoms with Gasteiger partial charge >= 0.3 is 0 Å². The van der Waals surface area contributed by atoms with E-state index in [1.54, 1.807) is 6.20 Å². The monoisotopic (exact) mass is 197 g/mol. The van der Waals surface area contributed by atoms with Crippen molar-refractivity contribution < 1.29 is 0 Å². The lowest BCUT2D eigenvalue weighted by molar-refractivity contribution is 0.723. The van der Waals surface area contributed by atoms with E-state index in [0.29, 0.717) is 13.0 Å².